The summed E-state index contributed by atoms with van der Waals surface area (Å²) in [5.41, 5.74) is 0. The third-order valence-electron chi connectivity index (χ3n) is 1.70. The fourth-order valence-electron chi connectivity index (χ4n) is 0.951. The predicted octanol–water partition coefficient (Wildman–Crippen LogP) is 1.66. The summed E-state index contributed by atoms with van der Waals surface area (Å²) in [6, 6.07) is 0. The maximum Gasteiger partial charge on any atom is 0.308 e. The van der Waals surface area contributed by atoms with Gasteiger partial charge in [0.25, 0.3) is 0 Å². The number of aliphatic hydroxyl groups is 1. The normalized spacial score (nSPS) is 13.2. The molecule has 0 radical (unpaired) electrons. The lowest BCUT2D eigenvalue weighted by atomic mass is 10.1. The first-order valence-corrected chi connectivity index (χ1v) is 4.60. The van der Waals surface area contributed by atoms with E-state index in [0.29, 0.717) is 6.42 Å². The molecule has 1 atom stereocenters. The monoisotopic (exact) mass is 186 g/mol. The van der Waals surface area contributed by atoms with Crippen molar-refractivity contribution in [3.8, 4) is 0 Å². The summed E-state index contributed by atoms with van der Waals surface area (Å²) < 4.78 is 4.43. The van der Waals surface area contributed by atoms with Gasteiger partial charge in [-0.15, -0.1) is 0 Å². The van der Waals surface area contributed by atoms with Crippen molar-refractivity contribution in [1.29, 1.82) is 0 Å². The van der Waals surface area contributed by atoms with Crippen molar-refractivity contribution < 1.29 is 14.6 Å². The van der Waals surface area contributed by atoms with Gasteiger partial charge in [0.15, 0.2) is 0 Å². The van der Waals surface area contributed by atoms with Crippen molar-refractivity contribution in [3.05, 3.63) is 12.2 Å². The van der Waals surface area contributed by atoms with Crippen molar-refractivity contribution in [2.45, 2.75) is 38.7 Å². The van der Waals surface area contributed by atoms with Crippen LogP contribution in [0, 0.1) is 0 Å². The maximum atomic E-state index is 10.7. The Hall–Kier alpha value is -0.830. The van der Waals surface area contributed by atoms with Gasteiger partial charge < -0.3 is 9.84 Å². The molecule has 0 saturated heterocycles. The lowest BCUT2D eigenvalue weighted by molar-refractivity contribution is -0.142. The molecule has 0 aromatic rings. The molecule has 3 heteroatoms. The van der Waals surface area contributed by atoms with Gasteiger partial charge in [-0.2, -0.15) is 0 Å². The van der Waals surface area contributed by atoms with Crippen molar-refractivity contribution in [2.24, 2.45) is 0 Å². The lowest BCUT2D eigenvalue weighted by Crippen LogP contribution is -2.13. The van der Waals surface area contributed by atoms with Crippen LogP contribution in [0.5, 0.6) is 0 Å². The van der Waals surface area contributed by atoms with Gasteiger partial charge in [-0.3, -0.25) is 4.79 Å². The van der Waals surface area contributed by atoms with Crippen molar-refractivity contribution in [3.63, 3.8) is 0 Å². The Morgan fingerprint density at radius 3 is 2.77 bits per heavy atom. The Labute approximate surface area is 79.4 Å². The van der Waals surface area contributed by atoms with Crippen LogP contribution in [0.2, 0.25) is 0 Å². The molecular formula is C10H18O3. The van der Waals surface area contributed by atoms with Gasteiger partial charge in [0.05, 0.1) is 19.6 Å². The molecule has 0 amide bonds. The van der Waals surface area contributed by atoms with Gasteiger partial charge in [0.1, 0.15) is 0 Å². The summed E-state index contributed by atoms with van der Waals surface area (Å²) in [6.45, 7) is 2.06. The molecule has 0 bridgehead atoms. The van der Waals surface area contributed by atoms with Crippen LogP contribution in [0.1, 0.15) is 32.6 Å². The first-order valence-electron chi connectivity index (χ1n) is 4.60. The number of methoxy groups -OCH3 is 1. The highest BCUT2D eigenvalue weighted by Crippen LogP contribution is 2.03. The van der Waals surface area contributed by atoms with Crippen LogP contribution in [0.15, 0.2) is 12.2 Å². The molecule has 0 saturated carbocycles. The molecule has 0 aromatic heterocycles. The molecule has 3 nitrogen and oxygen atoms in total. The first-order chi connectivity index (χ1) is 6.20. The van der Waals surface area contributed by atoms with Gasteiger partial charge in [0, 0.05) is 0 Å². The van der Waals surface area contributed by atoms with Gasteiger partial charge in [0.2, 0.25) is 0 Å². The largest absolute Gasteiger partial charge is 0.469 e. The van der Waals surface area contributed by atoms with E-state index >= 15 is 0 Å². The Kier molecular flexibility index (Phi) is 7.30. The van der Waals surface area contributed by atoms with Crippen LogP contribution in [0.25, 0.3) is 0 Å². The molecule has 0 aliphatic heterocycles. The van der Waals surface area contributed by atoms with Crippen LogP contribution in [0.3, 0.4) is 0 Å². The molecule has 76 valence electrons. The quantitative estimate of drug-likeness (QED) is 0.507. The number of esters is 1. The van der Waals surface area contributed by atoms with Crippen molar-refractivity contribution >= 4 is 5.97 Å². The highest BCUT2D eigenvalue weighted by molar-refractivity contribution is 5.69. The fourth-order valence-corrected chi connectivity index (χ4v) is 0.951. The zero-order valence-electron chi connectivity index (χ0n) is 8.32. The first kappa shape index (κ1) is 12.2. The second-order valence-corrected chi connectivity index (χ2v) is 2.89. The van der Waals surface area contributed by atoms with Crippen LogP contribution in [-0.4, -0.2) is 24.3 Å². The standard InChI is InChI=1S/C10H18O3/c1-3-4-5-6-7-9(11)8-10(12)13-2/h4-5,9,11H,3,6-8H2,1-2H3/b5-4+/t9-/m0/s1. The molecular weight excluding hydrogens is 168 g/mol. The molecule has 0 aromatic carbocycles. The van der Waals surface area contributed by atoms with Crippen LogP contribution in [-0.2, 0) is 9.53 Å². The minimum Gasteiger partial charge on any atom is -0.469 e. The summed E-state index contributed by atoms with van der Waals surface area (Å²) in [5.74, 6) is -0.355. The summed E-state index contributed by atoms with van der Waals surface area (Å²) in [4.78, 5) is 10.7. The SMILES string of the molecule is CC/C=C/CC[C@H](O)CC(=O)OC. The zero-order chi connectivity index (χ0) is 10.1. The third-order valence-corrected chi connectivity index (χ3v) is 1.70. The third kappa shape index (κ3) is 7.53. The Morgan fingerprint density at radius 1 is 1.54 bits per heavy atom. The Bertz CT molecular complexity index is 164. The number of carbonyl (C=O) groups is 1. The molecule has 13 heavy (non-hydrogen) atoms. The van der Waals surface area contributed by atoms with Crippen LogP contribution >= 0.6 is 0 Å². The second kappa shape index (κ2) is 7.80. The molecule has 0 aliphatic rings. The summed E-state index contributed by atoms with van der Waals surface area (Å²) in [6.07, 6.45) is 6.01. The summed E-state index contributed by atoms with van der Waals surface area (Å²) in [7, 11) is 1.33. The zero-order valence-corrected chi connectivity index (χ0v) is 8.32. The van der Waals surface area contributed by atoms with Gasteiger partial charge >= 0.3 is 5.97 Å². The van der Waals surface area contributed by atoms with E-state index in [1.54, 1.807) is 0 Å². The Morgan fingerprint density at radius 2 is 2.23 bits per heavy atom. The molecule has 0 heterocycles. The van der Waals surface area contributed by atoms with E-state index in [4.69, 9.17) is 0 Å². The van der Waals surface area contributed by atoms with Gasteiger partial charge in [-0.1, -0.05) is 19.1 Å². The maximum absolute atomic E-state index is 10.7. The lowest BCUT2D eigenvalue weighted by Gasteiger charge is -2.06. The van der Waals surface area contributed by atoms with E-state index in [1.165, 1.54) is 7.11 Å². The molecule has 1 N–H and O–H groups in total. The topological polar surface area (TPSA) is 46.5 Å². The van der Waals surface area contributed by atoms with E-state index in [2.05, 4.69) is 11.7 Å². The minimum atomic E-state index is -0.575. The molecule has 0 rings (SSSR count). The minimum absolute atomic E-state index is 0.0937. The molecule has 0 spiro atoms. The van der Waals surface area contributed by atoms with E-state index in [-0.39, 0.29) is 12.4 Å². The number of rotatable bonds is 6. The number of hydrogen-bond donors (Lipinski definition) is 1. The highest BCUT2D eigenvalue weighted by Gasteiger charge is 2.09. The number of carbonyl (C=O) groups excluding carboxylic acids is 1. The average molecular weight is 186 g/mol. The van der Waals surface area contributed by atoms with E-state index < -0.39 is 6.10 Å². The van der Waals surface area contributed by atoms with Crippen molar-refractivity contribution in [1.82, 2.24) is 0 Å². The number of aliphatic hydroxyl groups excluding tert-OH is 1. The van der Waals surface area contributed by atoms with E-state index in [9.17, 15) is 9.90 Å². The average Bonchev–Trinajstić information content (AvgIpc) is 2.12. The van der Waals surface area contributed by atoms with Crippen LogP contribution < -0.4 is 0 Å². The highest BCUT2D eigenvalue weighted by atomic mass is 16.5. The van der Waals surface area contributed by atoms with Gasteiger partial charge in [-0.05, 0) is 19.3 Å². The number of hydrogen-bond acceptors (Lipinski definition) is 3. The van der Waals surface area contributed by atoms with E-state index in [0.717, 1.165) is 12.8 Å². The van der Waals surface area contributed by atoms with Crippen molar-refractivity contribution in [2.75, 3.05) is 7.11 Å². The Balaban J connectivity index is 3.45. The molecule has 0 aliphatic carbocycles. The predicted molar refractivity (Wildman–Crippen MR) is 51.3 cm³/mol. The van der Waals surface area contributed by atoms with Gasteiger partial charge in [-0.25, -0.2) is 0 Å². The number of ether oxygens (including phenoxy) is 1. The number of allylic oxidation sites excluding steroid dienone is 2. The summed E-state index contributed by atoms with van der Waals surface area (Å²) in [5, 5.41) is 9.32. The fraction of sp³-hybridized carbons (Fsp3) is 0.700. The molecule has 0 unspecified atom stereocenters. The van der Waals surface area contributed by atoms with Crippen LogP contribution in [0.4, 0.5) is 0 Å². The van der Waals surface area contributed by atoms with E-state index in [1.807, 2.05) is 12.2 Å². The second-order valence-electron chi connectivity index (χ2n) is 2.89. The summed E-state index contributed by atoms with van der Waals surface area (Å²) >= 11 is 0. The molecule has 0 fully saturated rings. The smallest absolute Gasteiger partial charge is 0.308 e.